The summed E-state index contributed by atoms with van der Waals surface area (Å²) in [5.41, 5.74) is 2.51. The van der Waals surface area contributed by atoms with Gasteiger partial charge in [0, 0.05) is 38.6 Å². The van der Waals surface area contributed by atoms with Crippen LogP contribution in [0.25, 0.3) is 0 Å². The van der Waals surface area contributed by atoms with Gasteiger partial charge in [-0.1, -0.05) is 38.1 Å². The molecule has 154 valence electrons. The number of aliphatic imine (C=N–C) groups is 1. The average molecular weight is 385 g/mol. The van der Waals surface area contributed by atoms with E-state index in [9.17, 15) is 0 Å². The van der Waals surface area contributed by atoms with Gasteiger partial charge in [0.25, 0.3) is 0 Å². The largest absolute Gasteiger partial charge is 0.354 e. The number of guanidine groups is 1. The highest BCUT2D eigenvalue weighted by atomic mass is 15.2. The van der Waals surface area contributed by atoms with Crippen LogP contribution in [0, 0.1) is 0 Å². The van der Waals surface area contributed by atoms with Crippen LogP contribution in [0.5, 0.6) is 0 Å². The standard InChI is InChI=1S/C22H36N6/c1-5-27(6-2)13-8-9-19(3)26-22(23-4)25-16-20-10-7-11-21(15-20)17-28-14-12-24-18-28/h7,10-12,14-15,18-19H,5-6,8-9,13,16-17H2,1-4H3,(H2,23,25,26). The monoisotopic (exact) mass is 384 g/mol. The fourth-order valence-electron chi connectivity index (χ4n) is 3.28. The molecule has 0 aliphatic rings. The van der Waals surface area contributed by atoms with Crippen molar-refractivity contribution >= 4 is 5.96 Å². The Morgan fingerprint density at radius 1 is 1.25 bits per heavy atom. The molecule has 1 aromatic heterocycles. The van der Waals surface area contributed by atoms with E-state index in [0.717, 1.165) is 45.1 Å². The van der Waals surface area contributed by atoms with E-state index in [1.807, 2.05) is 25.8 Å². The fraction of sp³-hybridized carbons (Fsp3) is 0.545. The highest BCUT2D eigenvalue weighted by Gasteiger charge is 2.07. The maximum absolute atomic E-state index is 4.37. The van der Waals surface area contributed by atoms with Gasteiger partial charge in [0.05, 0.1) is 6.33 Å². The van der Waals surface area contributed by atoms with Crippen LogP contribution in [-0.4, -0.2) is 53.1 Å². The first-order chi connectivity index (χ1) is 13.6. The van der Waals surface area contributed by atoms with E-state index in [-0.39, 0.29) is 0 Å². The summed E-state index contributed by atoms with van der Waals surface area (Å²) in [5.74, 6) is 0.857. The highest BCUT2D eigenvalue weighted by molar-refractivity contribution is 5.79. The first-order valence-corrected chi connectivity index (χ1v) is 10.4. The molecule has 0 radical (unpaired) electrons. The topological polar surface area (TPSA) is 57.5 Å². The van der Waals surface area contributed by atoms with Crippen molar-refractivity contribution in [3.05, 3.63) is 54.1 Å². The number of aromatic nitrogens is 2. The second-order valence-electron chi connectivity index (χ2n) is 7.20. The summed E-state index contributed by atoms with van der Waals surface area (Å²) >= 11 is 0. The van der Waals surface area contributed by atoms with Gasteiger partial charge in [-0.15, -0.1) is 0 Å². The van der Waals surface area contributed by atoms with Gasteiger partial charge in [-0.05, 0) is 50.5 Å². The maximum atomic E-state index is 4.37. The van der Waals surface area contributed by atoms with Crippen LogP contribution in [0.1, 0.15) is 44.7 Å². The van der Waals surface area contributed by atoms with E-state index < -0.39 is 0 Å². The lowest BCUT2D eigenvalue weighted by Crippen LogP contribution is -2.42. The summed E-state index contributed by atoms with van der Waals surface area (Å²) in [7, 11) is 1.83. The Kier molecular flexibility index (Phi) is 9.55. The second-order valence-corrected chi connectivity index (χ2v) is 7.20. The molecular weight excluding hydrogens is 348 g/mol. The summed E-state index contributed by atoms with van der Waals surface area (Å²) in [6.45, 7) is 11.7. The van der Waals surface area contributed by atoms with Crippen molar-refractivity contribution in [3.8, 4) is 0 Å². The predicted molar refractivity (Wildman–Crippen MR) is 118 cm³/mol. The van der Waals surface area contributed by atoms with Gasteiger partial charge >= 0.3 is 0 Å². The average Bonchev–Trinajstić information content (AvgIpc) is 3.21. The summed E-state index contributed by atoms with van der Waals surface area (Å²) in [6.07, 6.45) is 7.97. The summed E-state index contributed by atoms with van der Waals surface area (Å²) in [5, 5.41) is 6.94. The second kappa shape index (κ2) is 12.2. The Labute approximate surface area is 170 Å². The molecule has 0 amide bonds. The fourth-order valence-corrected chi connectivity index (χ4v) is 3.28. The quantitative estimate of drug-likeness (QED) is 0.462. The van der Waals surface area contributed by atoms with Crippen LogP contribution in [0.4, 0.5) is 0 Å². The molecule has 0 bridgehead atoms. The van der Waals surface area contributed by atoms with Crippen LogP contribution in [0.15, 0.2) is 48.0 Å². The molecule has 0 aliphatic heterocycles. The highest BCUT2D eigenvalue weighted by Crippen LogP contribution is 2.07. The molecule has 0 aliphatic carbocycles. The zero-order valence-electron chi connectivity index (χ0n) is 17.9. The van der Waals surface area contributed by atoms with Gasteiger partial charge < -0.3 is 20.1 Å². The van der Waals surface area contributed by atoms with Gasteiger partial charge in [0.2, 0.25) is 0 Å². The molecule has 6 heteroatoms. The summed E-state index contributed by atoms with van der Waals surface area (Å²) in [6, 6.07) is 9.03. The minimum Gasteiger partial charge on any atom is -0.354 e. The van der Waals surface area contributed by atoms with Crippen LogP contribution in [0.3, 0.4) is 0 Å². The number of hydrogen-bond donors (Lipinski definition) is 2. The minimum atomic E-state index is 0.398. The minimum absolute atomic E-state index is 0.398. The smallest absolute Gasteiger partial charge is 0.191 e. The van der Waals surface area contributed by atoms with Crippen LogP contribution in [-0.2, 0) is 13.1 Å². The van der Waals surface area contributed by atoms with Gasteiger partial charge in [-0.3, -0.25) is 4.99 Å². The van der Waals surface area contributed by atoms with Crippen molar-refractivity contribution in [2.45, 2.75) is 52.7 Å². The zero-order chi connectivity index (χ0) is 20.2. The maximum Gasteiger partial charge on any atom is 0.191 e. The van der Waals surface area contributed by atoms with E-state index >= 15 is 0 Å². The van der Waals surface area contributed by atoms with Gasteiger partial charge in [-0.2, -0.15) is 0 Å². The molecule has 2 rings (SSSR count). The number of nitrogens with one attached hydrogen (secondary N) is 2. The number of imidazole rings is 1. The number of hydrogen-bond acceptors (Lipinski definition) is 3. The Bertz CT molecular complexity index is 691. The summed E-state index contributed by atoms with van der Waals surface area (Å²) in [4.78, 5) is 10.9. The van der Waals surface area contributed by atoms with E-state index in [4.69, 9.17) is 0 Å². The zero-order valence-corrected chi connectivity index (χ0v) is 17.9. The third-order valence-electron chi connectivity index (χ3n) is 4.99. The first-order valence-electron chi connectivity index (χ1n) is 10.4. The third kappa shape index (κ3) is 7.72. The third-order valence-corrected chi connectivity index (χ3v) is 4.99. The molecule has 1 unspecified atom stereocenters. The van der Waals surface area contributed by atoms with Gasteiger partial charge in [0.15, 0.2) is 5.96 Å². The number of nitrogens with zero attached hydrogens (tertiary/aromatic N) is 4. The molecule has 0 saturated carbocycles. The molecule has 28 heavy (non-hydrogen) atoms. The van der Waals surface area contributed by atoms with Crippen molar-refractivity contribution in [1.82, 2.24) is 25.1 Å². The molecule has 1 heterocycles. The molecule has 0 spiro atoms. The van der Waals surface area contributed by atoms with Crippen molar-refractivity contribution in [3.63, 3.8) is 0 Å². The van der Waals surface area contributed by atoms with E-state index in [0.29, 0.717) is 6.04 Å². The first kappa shape index (κ1) is 22.0. The lowest BCUT2D eigenvalue weighted by Gasteiger charge is -2.21. The van der Waals surface area contributed by atoms with Crippen molar-refractivity contribution < 1.29 is 0 Å². The van der Waals surface area contributed by atoms with Crippen LogP contribution >= 0.6 is 0 Å². The lowest BCUT2D eigenvalue weighted by atomic mass is 10.1. The van der Waals surface area contributed by atoms with E-state index in [1.165, 1.54) is 17.5 Å². The normalized spacial score (nSPS) is 13.0. The Balaban J connectivity index is 1.77. The Morgan fingerprint density at radius 2 is 2.04 bits per heavy atom. The predicted octanol–water partition coefficient (Wildman–Crippen LogP) is 3.11. The molecule has 6 nitrogen and oxygen atoms in total. The van der Waals surface area contributed by atoms with Gasteiger partial charge in [0.1, 0.15) is 0 Å². The Hall–Kier alpha value is -2.34. The van der Waals surface area contributed by atoms with E-state index in [2.05, 4.69) is 75.1 Å². The lowest BCUT2D eigenvalue weighted by molar-refractivity contribution is 0.292. The summed E-state index contributed by atoms with van der Waals surface area (Å²) < 4.78 is 2.08. The molecule has 0 saturated heterocycles. The van der Waals surface area contributed by atoms with Crippen molar-refractivity contribution in [1.29, 1.82) is 0 Å². The molecular formula is C22H36N6. The van der Waals surface area contributed by atoms with Crippen molar-refractivity contribution in [2.75, 3.05) is 26.7 Å². The van der Waals surface area contributed by atoms with Crippen molar-refractivity contribution in [2.24, 2.45) is 4.99 Å². The molecule has 0 fully saturated rings. The molecule has 2 aromatic rings. The molecule has 1 atom stereocenters. The van der Waals surface area contributed by atoms with Crippen LogP contribution in [0.2, 0.25) is 0 Å². The number of benzene rings is 1. The SMILES string of the molecule is CCN(CC)CCCC(C)NC(=NC)NCc1cccc(Cn2ccnc2)c1. The van der Waals surface area contributed by atoms with Gasteiger partial charge in [-0.25, -0.2) is 4.98 Å². The molecule has 2 N–H and O–H groups in total. The molecule has 1 aromatic carbocycles. The Morgan fingerprint density at radius 3 is 2.71 bits per heavy atom. The number of rotatable bonds is 11. The van der Waals surface area contributed by atoms with E-state index in [1.54, 1.807) is 0 Å². The van der Waals surface area contributed by atoms with Crippen LogP contribution < -0.4 is 10.6 Å².